The van der Waals surface area contributed by atoms with Gasteiger partial charge in [-0.1, -0.05) is 17.7 Å². The van der Waals surface area contributed by atoms with E-state index in [0.717, 1.165) is 5.56 Å². The van der Waals surface area contributed by atoms with Gasteiger partial charge in [-0.25, -0.2) is 9.35 Å². The van der Waals surface area contributed by atoms with Gasteiger partial charge in [0.15, 0.2) is 0 Å². The van der Waals surface area contributed by atoms with Gasteiger partial charge in [-0.2, -0.15) is 0 Å². The molecule has 2 N–H and O–H groups in total. The summed E-state index contributed by atoms with van der Waals surface area (Å²) in [6, 6.07) is 5.18. The third kappa shape index (κ3) is 1.80. The molecule has 2 nitrogen and oxygen atoms in total. The fraction of sp³-hybridized carbons (Fsp3) is 0.143. The zero-order valence-electron chi connectivity index (χ0n) is 6.00. The maximum absolute atomic E-state index is 10.8. The molecular formula is C7H8ClNOS. The van der Waals surface area contributed by atoms with Gasteiger partial charge in [0.2, 0.25) is 0 Å². The van der Waals surface area contributed by atoms with E-state index in [1.165, 1.54) is 0 Å². The van der Waals surface area contributed by atoms with E-state index < -0.39 is 11.0 Å². The predicted octanol–water partition coefficient (Wildman–Crippen LogP) is 1.63. The lowest BCUT2D eigenvalue weighted by molar-refractivity contribution is 0.684. The van der Waals surface area contributed by atoms with Gasteiger partial charge in [0.25, 0.3) is 0 Å². The fourth-order valence-corrected chi connectivity index (χ4v) is 1.66. The van der Waals surface area contributed by atoms with Crippen molar-refractivity contribution < 1.29 is 4.21 Å². The van der Waals surface area contributed by atoms with Crippen LogP contribution in [-0.4, -0.2) is 4.21 Å². The summed E-state index contributed by atoms with van der Waals surface area (Å²) < 4.78 is 10.8. The van der Waals surface area contributed by atoms with E-state index in [1.54, 1.807) is 25.1 Å². The van der Waals surface area contributed by atoms with Crippen molar-refractivity contribution in [2.45, 2.75) is 11.8 Å². The van der Waals surface area contributed by atoms with Crippen LogP contribution in [0.25, 0.3) is 0 Å². The van der Waals surface area contributed by atoms with E-state index in [1.807, 2.05) is 0 Å². The Morgan fingerprint density at radius 1 is 1.55 bits per heavy atom. The maximum atomic E-state index is 10.8. The molecule has 0 radical (unpaired) electrons. The summed E-state index contributed by atoms with van der Waals surface area (Å²) in [5, 5.41) is 5.80. The highest BCUT2D eigenvalue weighted by atomic mass is 35.5. The highest BCUT2D eigenvalue weighted by Gasteiger charge is 2.04. The van der Waals surface area contributed by atoms with Gasteiger partial charge in [-0.05, 0) is 24.6 Å². The van der Waals surface area contributed by atoms with Crippen molar-refractivity contribution in [3.63, 3.8) is 0 Å². The average Bonchev–Trinajstić information content (AvgIpc) is 1.94. The smallest absolute Gasteiger partial charge is 0.122 e. The standard InChI is InChI=1S/C7H8ClNOS/c1-5-6(8)3-2-4-7(5)11(9)10/h2-4H,9H2,1H3. The monoisotopic (exact) mass is 189 g/mol. The molecule has 0 saturated heterocycles. The van der Waals surface area contributed by atoms with Gasteiger partial charge in [-0.3, -0.25) is 0 Å². The Bertz CT molecular complexity index is 300. The molecule has 60 valence electrons. The van der Waals surface area contributed by atoms with E-state index in [0.29, 0.717) is 9.92 Å². The largest absolute Gasteiger partial charge is 0.248 e. The molecule has 11 heavy (non-hydrogen) atoms. The molecule has 0 heterocycles. The molecule has 0 aliphatic rings. The molecule has 1 unspecified atom stereocenters. The Labute approximate surface area is 72.9 Å². The molecule has 0 saturated carbocycles. The van der Waals surface area contributed by atoms with Crippen molar-refractivity contribution in [2.24, 2.45) is 5.14 Å². The number of hydrogen-bond acceptors (Lipinski definition) is 1. The van der Waals surface area contributed by atoms with Crippen LogP contribution in [-0.2, 0) is 11.0 Å². The highest BCUT2D eigenvalue weighted by Crippen LogP contribution is 2.19. The van der Waals surface area contributed by atoms with Gasteiger partial charge in [-0.15, -0.1) is 0 Å². The van der Waals surface area contributed by atoms with Crippen LogP contribution in [0.2, 0.25) is 5.02 Å². The second kappa shape index (κ2) is 3.34. The summed E-state index contributed by atoms with van der Waals surface area (Å²) in [5.41, 5.74) is 0.787. The molecule has 0 amide bonds. The van der Waals surface area contributed by atoms with Crippen molar-refractivity contribution >= 4 is 22.6 Å². The summed E-state index contributed by atoms with van der Waals surface area (Å²) in [6.45, 7) is 1.79. The maximum Gasteiger partial charge on any atom is 0.122 e. The molecule has 1 rings (SSSR count). The highest BCUT2D eigenvalue weighted by molar-refractivity contribution is 7.82. The van der Waals surface area contributed by atoms with Crippen LogP contribution in [0.5, 0.6) is 0 Å². The van der Waals surface area contributed by atoms with E-state index in [2.05, 4.69) is 0 Å². The van der Waals surface area contributed by atoms with E-state index in [-0.39, 0.29) is 0 Å². The number of nitrogens with two attached hydrogens (primary N) is 1. The number of hydrogen-bond donors (Lipinski definition) is 1. The molecule has 0 aromatic heterocycles. The fourth-order valence-electron chi connectivity index (χ4n) is 0.806. The Hall–Kier alpha value is -0.380. The minimum absolute atomic E-state index is 0.595. The van der Waals surface area contributed by atoms with E-state index >= 15 is 0 Å². The van der Waals surface area contributed by atoms with Gasteiger partial charge >= 0.3 is 0 Å². The van der Waals surface area contributed by atoms with Gasteiger partial charge < -0.3 is 0 Å². The number of halogens is 1. The molecule has 0 bridgehead atoms. The molecule has 4 heteroatoms. The normalized spacial score (nSPS) is 13.0. The SMILES string of the molecule is Cc1c(Cl)cccc1S(N)=O. The van der Waals surface area contributed by atoms with Crippen molar-refractivity contribution in [1.29, 1.82) is 0 Å². The predicted molar refractivity (Wildman–Crippen MR) is 46.8 cm³/mol. The minimum atomic E-state index is -1.44. The summed E-state index contributed by atoms with van der Waals surface area (Å²) >= 11 is 5.77. The summed E-state index contributed by atoms with van der Waals surface area (Å²) in [5.74, 6) is 0. The van der Waals surface area contributed by atoms with Gasteiger partial charge in [0.1, 0.15) is 11.0 Å². The Kier molecular flexibility index (Phi) is 2.65. The minimum Gasteiger partial charge on any atom is -0.248 e. The van der Waals surface area contributed by atoms with Crippen LogP contribution >= 0.6 is 11.6 Å². The summed E-state index contributed by atoms with van der Waals surface area (Å²) in [7, 11) is -1.44. The molecule has 0 fully saturated rings. The average molecular weight is 190 g/mol. The third-order valence-electron chi connectivity index (χ3n) is 1.43. The lowest BCUT2D eigenvalue weighted by Crippen LogP contribution is -2.04. The lowest BCUT2D eigenvalue weighted by atomic mass is 10.2. The topological polar surface area (TPSA) is 43.1 Å². The molecule has 0 aliphatic carbocycles. The lowest BCUT2D eigenvalue weighted by Gasteiger charge is -2.01. The van der Waals surface area contributed by atoms with Crippen LogP contribution in [0, 0.1) is 6.92 Å². The first-order valence-electron chi connectivity index (χ1n) is 3.04. The molecular weight excluding hydrogens is 182 g/mol. The molecule has 0 aliphatic heterocycles. The molecule has 1 aromatic rings. The quantitative estimate of drug-likeness (QED) is 0.717. The van der Waals surface area contributed by atoms with Gasteiger partial charge in [0.05, 0.1) is 4.90 Å². The zero-order chi connectivity index (χ0) is 8.43. The van der Waals surface area contributed by atoms with E-state index in [9.17, 15) is 4.21 Å². The third-order valence-corrected chi connectivity index (χ3v) is 2.72. The first-order chi connectivity index (χ1) is 5.13. The van der Waals surface area contributed by atoms with Crippen LogP contribution < -0.4 is 5.14 Å². The summed E-state index contributed by atoms with van der Waals surface area (Å²) in [6.07, 6.45) is 0. The van der Waals surface area contributed by atoms with Crippen molar-refractivity contribution in [3.05, 3.63) is 28.8 Å². The Balaban J connectivity index is 3.27. The van der Waals surface area contributed by atoms with Crippen molar-refractivity contribution in [1.82, 2.24) is 0 Å². The van der Waals surface area contributed by atoms with Crippen molar-refractivity contribution in [2.75, 3.05) is 0 Å². The van der Waals surface area contributed by atoms with Crippen LogP contribution in [0.1, 0.15) is 5.56 Å². The zero-order valence-corrected chi connectivity index (χ0v) is 7.58. The van der Waals surface area contributed by atoms with Crippen LogP contribution in [0.3, 0.4) is 0 Å². The Morgan fingerprint density at radius 2 is 2.18 bits per heavy atom. The van der Waals surface area contributed by atoms with E-state index in [4.69, 9.17) is 16.7 Å². The second-order valence-corrected chi connectivity index (χ2v) is 3.60. The molecule has 0 spiro atoms. The molecule has 1 aromatic carbocycles. The van der Waals surface area contributed by atoms with Crippen molar-refractivity contribution in [3.8, 4) is 0 Å². The Morgan fingerprint density at radius 3 is 2.64 bits per heavy atom. The van der Waals surface area contributed by atoms with Gasteiger partial charge in [0, 0.05) is 5.02 Å². The number of rotatable bonds is 1. The number of benzene rings is 1. The summed E-state index contributed by atoms with van der Waals surface area (Å²) in [4.78, 5) is 0.595. The van der Waals surface area contributed by atoms with Crippen LogP contribution in [0.4, 0.5) is 0 Å². The second-order valence-electron chi connectivity index (χ2n) is 2.16. The first-order valence-corrected chi connectivity index (χ1v) is 4.63. The van der Waals surface area contributed by atoms with Crippen LogP contribution in [0.15, 0.2) is 23.1 Å². The first kappa shape index (κ1) is 8.71. The molecule has 1 atom stereocenters.